The van der Waals surface area contributed by atoms with E-state index in [9.17, 15) is 14.9 Å². The number of hydrogen-bond acceptors (Lipinski definition) is 8. The number of nitrogens with one attached hydrogen (secondary N) is 1. The fourth-order valence-corrected chi connectivity index (χ4v) is 2.86. The molecule has 0 aliphatic carbocycles. The maximum absolute atomic E-state index is 11.7. The van der Waals surface area contributed by atoms with Crippen LogP contribution in [0.25, 0.3) is 0 Å². The first-order valence-corrected chi connectivity index (χ1v) is 6.76. The summed E-state index contributed by atoms with van der Waals surface area (Å²) in [6, 6.07) is -0.155. The lowest BCUT2D eigenvalue weighted by Gasteiger charge is -2.08. The van der Waals surface area contributed by atoms with Gasteiger partial charge in [0, 0.05) is 6.04 Å². The Balaban J connectivity index is 2.54. The highest BCUT2D eigenvalue weighted by atomic mass is 32.2. The second-order valence-electron chi connectivity index (χ2n) is 4.46. The quantitative estimate of drug-likeness (QED) is 0.481. The maximum Gasteiger partial charge on any atom is 0.344 e. The molecule has 112 valence electrons. The fourth-order valence-electron chi connectivity index (χ4n) is 1.75. The van der Waals surface area contributed by atoms with E-state index < -0.39 is 10.6 Å². The zero-order valence-electron chi connectivity index (χ0n) is 11.5. The summed E-state index contributed by atoms with van der Waals surface area (Å²) in [7, 11) is 0. The minimum absolute atomic E-state index is 0.0471. The third-order valence-corrected chi connectivity index (χ3v) is 3.55. The molecule has 0 amide bonds. The van der Waals surface area contributed by atoms with Gasteiger partial charge in [-0.1, -0.05) is 0 Å². The molecule has 2 aromatic rings. The molecule has 2 heterocycles. The van der Waals surface area contributed by atoms with Crippen molar-refractivity contribution in [3.8, 4) is 0 Å². The molecule has 10 nitrogen and oxygen atoms in total. The number of aromatic nitrogens is 5. The van der Waals surface area contributed by atoms with Gasteiger partial charge in [0.05, 0.1) is 4.92 Å². The van der Waals surface area contributed by atoms with Gasteiger partial charge in [-0.2, -0.15) is 4.98 Å². The summed E-state index contributed by atoms with van der Waals surface area (Å²) in [6.45, 7) is 5.07. The summed E-state index contributed by atoms with van der Waals surface area (Å²) >= 11 is 0.894. The molecule has 2 aromatic heterocycles. The van der Waals surface area contributed by atoms with Crippen LogP contribution in [0.3, 0.4) is 0 Å². The first kappa shape index (κ1) is 15.0. The SMILES string of the molecule is Cc1nc(N)nc(Sc2n[nH]c(=O)n2C(C)C)c1[N+](=O)[O-]. The van der Waals surface area contributed by atoms with E-state index in [2.05, 4.69) is 20.2 Å². The number of anilines is 1. The molecule has 0 bridgehead atoms. The van der Waals surface area contributed by atoms with E-state index in [4.69, 9.17) is 5.73 Å². The molecular weight excluding hydrogens is 298 g/mol. The van der Waals surface area contributed by atoms with Crippen molar-refractivity contribution in [3.63, 3.8) is 0 Å². The Hall–Kier alpha value is -2.43. The molecule has 0 spiro atoms. The summed E-state index contributed by atoms with van der Waals surface area (Å²) in [5.74, 6) is -0.0745. The fraction of sp³-hybridized carbons (Fsp3) is 0.400. The Morgan fingerprint density at radius 3 is 2.67 bits per heavy atom. The van der Waals surface area contributed by atoms with Crippen LogP contribution in [0.15, 0.2) is 15.0 Å². The van der Waals surface area contributed by atoms with Gasteiger partial charge >= 0.3 is 11.4 Å². The van der Waals surface area contributed by atoms with Crippen LogP contribution in [0.5, 0.6) is 0 Å². The van der Waals surface area contributed by atoms with Gasteiger partial charge in [0.25, 0.3) is 0 Å². The van der Waals surface area contributed by atoms with E-state index in [1.807, 2.05) is 0 Å². The second kappa shape index (κ2) is 5.52. The Labute approximate surface area is 122 Å². The number of nitrogen functional groups attached to an aromatic ring is 1. The van der Waals surface area contributed by atoms with Gasteiger partial charge in [-0.3, -0.25) is 14.7 Å². The van der Waals surface area contributed by atoms with Crippen molar-refractivity contribution in [1.82, 2.24) is 24.7 Å². The van der Waals surface area contributed by atoms with E-state index >= 15 is 0 Å². The molecular formula is C10H13N7O3S. The van der Waals surface area contributed by atoms with Crippen molar-refractivity contribution in [2.24, 2.45) is 0 Å². The zero-order valence-corrected chi connectivity index (χ0v) is 12.3. The van der Waals surface area contributed by atoms with Crippen molar-refractivity contribution in [1.29, 1.82) is 0 Å². The second-order valence-corrected chi connectivity index (χ2v) is 5.41. The average Bonchev–Trinajstić information content (AvgIpc) is 2.68. The van der Waals surface area contributed by atoms with E-state index in [1.165, 1.54) is 11.5 Å². The van der Waals surface area contributed by atoms with Crippen LogP contribution in [-0.4, -0.2) is 29.7 Å². The van der Waals surface area contributed by atoms with Crippen LogP contribution in [0, 0.1) is 17.0 Å². The highest BCUT2D eigenvalue weighted by Gasteiger charge is 2.25. The molecule has 0 aromatic carbocycles. The molecule has 0 aliphatic heterocycles. The van der Waals surface area contributed by atoms with Gasteiger partial charge in [0.2, 0.25) is 5.95 Å². The number of H-pyrrole nitrogens is 1. The maximum atomic E-state index is 11.7. The predicted molar refractivity (Wildman–Crippen MR) is 75.2 cm³/mol. The molecule has 0 fully saturated rings. The molecule has 0 radical (unpaired) electrons. The first-order chi connectivity index (χ1) is 9.81. The molecule has 0 unspecified atom stereocenters. The number of aromatic amines is 1. The lowest BCUT2D eigenvalue weighted by atomic mass is 10.4. The van der Waals surface area contributed by atoms with Crippen molar-refractivity contribution in [2.75, 3.05) is 5.73 Å². The summed E-state index contributed by atoms with van der Waals surface area (Å²) in [5, 5.41) is 17.6. The Kier molecular flexibility index (Phi) is 3.93. The van der Waals surface area contributed by atoms with Crippen LogP contribution in [0.1, 0.15) is 25.6 Å². The highest BCUT2D eigenvalue weighted by molar-refractivity contribution is 7.99. The minimum atomic E-state index is -0.582. The van der Waals surface area contributed by atoms with E-state index in [-0.39, 0.29) is 33.6 Å². The van der Waals surface area contributed by atoms with E-state index in [0.717, 1.165) is 11.8 Å². The topological polar surface area (TPSA) is 146 Å². The lowest BCUT2D eigenvalue weighted by Crippen LogP contribution is -2.19. The van der Waals surface area contributed by atoms with Crippen LogP contribution in [0.2, 0.25) is 0 Å². The molecule has 0 saturated heterocycles. The monoisotopic (exact) mass is 311 g/mol. The number of hydrogen-bond donors (Lipinski definition) is 2. The molecule has 0 aliphatic rings. The first-order valence-electron chi connectivity index (χ1n) is 5.94. The van der Waals surface area contributed by atoms with E-state index in [1.54, 1.807) is 13.8 Å². The van der Waals surface area contributed by atoms with Crippen molar-refractivity contribution < 1.29 is 4.92 Å². The van der Waals surface area contributed by atoms with Crippen LogP contribution < -0.4 is 11.4 Å². The predicted octanol–water partition coefficient (Wildman–Crippen LogP) is 0.892. The van der Waals surface area contributed by atoms with Gasteiger partial charge in [-0.05, 0) is 32.5 Å². The Morgan fingerprint density at radius 2 is 2.10 bits per heavy atom. The molecule has 3 N–H and O–H groups in total. The van der Waals surface area contributed by atoms with E-state index in [0.29, 0.717) is 0 Å². The Bertz CT molecular complexity index is 752. The normalized spacial score (nSPS) is 11.0. The van der Waals surface area contributed by atoms with Crippen LogP contribution in [-0.2, 0) is 0 Å². The average molecular weight is 311 g/mol. The standard InChI is InChI=1S/C10H13N7O3S/c1-4(2)16-9(18)14-15-10(16)21-7-6(17(19)20)5(3)12-8(11)13-7/h4H,1-3H3,(H,14,18)(H2,11,12,13). The molecule has 11 heteroatoms. The number of rotatable bonds is 4. The highest BCUT2D eigenvalue weighted by Crippen LogP contribution is 2.34. The molecule has 0 saturated carbocycles. The summed E-state index contributed by atoms with van der Waals surface area (Å²) in [6.07, 6.45) is 0. The van der Waals surface area contributed by atoms with Crippen molar-refractivity contribution in [3.05, 3.63) is 26.3 Å². The lowest BCUT2D eigenvalue weighted by molar-refractivity contribution is -0.389. The van der Waals surface area contributed by atoms with Crippen LogP contribution in [0.4, 0.5) is 11.6 Å². The van der Waals surface area contributed by atoms with Crippen molar-refractivity contribution in [2.45, 2.75) is 37.0 Å². The van der Waals surface area contributed by atoms with Crippen molar-refractivity contribution >= 4 is 23.4 Å². The van der Waals surface area contributed by atoms with Crippen LogP contribution >= 0.6 is 11.8 Å². The summed E-state index contributed by atoms with van der Waals surface area (Å²) in [4.78, 5) is 29.9. The third kappa shape index (κ3) is 2.86. The minimum Gasteiger partial charge on any atom is -0.368 e. The smallest absolute Gasteiger partial charge is 0.344 e. The molecule has 2 rings (SSSR count). The third-order valence-electron chi connectivity index (χ3n) is 2.60. The molecule has 21 heavy (non-hydrogen) atoms. The van der Waals surface area contributed by atoms with Gasteiger partial charge in [-0.15, -0.1) is 5.10 Å². The van der Waals surface area contributed by atoms with Gasteiger partial charge in [0.15, 0.2) is 10.2 Å². The number of nitro groups is 1. The largest absolute Gasteiger partial charge is 0.368 e. The van der Waals surface area contributed by atoms with Gasteiger partial charge < -0.3 is 5.73 Å². The summed E-state index contributed by atoms with van der Waals surface area (Å²) < 4.78 is 1.38. The zero-order chi connectivity index (χ0) is 15.7. The summed E-state index contributed by atoms with van der Waals surface area (Å²) in [5.41, 5.74) is 5.04. The Morgan fingerprint density at radius 1 is 1.43 bits per heavy atom. The van der Waals surface area contributed by atoms with Gasteiger partial charge in [0.1, 0.15) is 5.69 Å². The molecule has 0 atom stereocenters. The number of nitrogens with zero attached hydrogens (tertiary/aromatic N) is 5. The number of aryl methyl sites for hydroxylation is 1. The number of nitrogens with two attached hydrogens (primary N) is 1. The van der Waals surface area contributed by atoms with Gasteiger partial charge in [-0.25, -0.2) is 14.9 Å².